The molecule has 2 heterocycles. The quantitative estimate of drug-likeness (QED) is 0.787. The van der Waals surface area contributed by atoms with Crippen molar-refractivity contribution in [2.75, 3.05) is 0 Å². The zero-order valence-electron chi connectivity index (χ0n) is 8.97. The largest absolute Gasteiger partial charge is 0.458 e. The van der Waals surface area contributed by atoms with Gasteiger partial charge in [0.25, 0.3) is 0 Å². The molecule has 0 aliphatic heterocycles. The van der Waals surface area contributed by atoms with Gasteiger partial charge in [-0.2, -0.15) is 11.3 Å². The summed E-state index contributed by atoms with van der Waals surface area (Å²) in [7, 11) is 0. The highest BCUT2D eigenvalue weighted by Crippen LogP contribution is 2.25. The third kappa shape index (κ3) is 2.48. The molecule has 0 bridgehead atoms. The van der Waals surface area contributed by atoms with Gasteiger partial charge in [-0.1, -0.05) is 0 Å². The predicted molar refractivity (Wildman–Crippen MR) is 66.0 cm³/mol. The summed E-state index contributed by atoms with van der Waals surface area (Å²) in [5.74, 6) is -0.354. The van der Waals surface area contributed by atoms with E-state index in [1.807, 2.05) is 30.7 Å². The molecule has 0 amide bonds. The fraction of sp³-hybridized carbons (Fsp3) is 0.273. The Bertz CT molecular complexity index is 474. The number of thiophene rings is 1. The first kappa shape index (κ1) is 11.3. The Balaban J connectivity index is 2.17. The number of thiazole rings is 1. The first-order chi connectivity index (χ1) is 7.66. The lowest BCUT2D eigenvalue weighted by Gasteiger charge is -2.04. The molecule has 16 heavy (non-hydrogen) atoms. The van der Waals surface area contributed by atoms with Crippen molar-refractivity contribution in [3.63, 3.8) is 0 Å². The van der Waals surface area contributed by atoms with Gasteiger partial charge in [0.1, 0.15) is 5.01 Å². The van der Waals surface area contributed by atoms with E-state index in [9.17, 15) is 4.79 Å². The summed E-state index contributed by atoms with van der Waals surface area (Å²) in [5.41, 5.74) is 1.44. The van der Waals surface area contributed by atoms with Crippen LogP contribution in [0.25, 0.3) is 10.6 Å². The van der Waals surface area contributed by atoms with Gasteiger partial charge in [-0.25, -0.2) is 9.78 Å². The molecular weight excluding hydrogens is 242 g/mol. The fourth-order valence-electron chi connectivity index (χ4n) is 1.16. The average molecular weight is 253 g/mol. The molecule has 0 unspecified atom stereocenters. The number of carbonyl (C=O) groups excluding carboxylic acids is 1. The number of rotatable bonds is 3. The van der Waals surface area contributed by atoms with E-state index in [-0.39, 0.29) is 12.1 Å². The minimum atomic E-state index is -0.354. The Morgan fingerprint density at radius 2 is 2.25 bits per heavy atom. The standard InChI is InChI=1S/C11H11NO2S2/c1-7(2)14-11(13)9-6-16-10(12-9)8-3-4-15-5-8/h3-7H,1-2H3. The first-order valence-electron chi connectivity index (χ1n) is 4.86. The van der Waals surface area contributed by atoms with Gasteiger partial charge in [0.15, 0.2) is 5.69 Å². The van der Waals surface area contributed by atoms with E-state index in [4.69, 9.17) is 4.74 Å². The third-order valence-corrected chi connectivity index (χ3v) is 3.40. The van der Waals surface area contributed by atoms with E-state index >= 15 is 0 Å². The summed E-state index contributed by atoms with van der Waals surface area (Å²) < 4.78 is 5.07. The zero-order valence-corrected chi connectivity index (χ0v) is 10.6. The van der Waals surface area contributed by atoms with E-state index in [0.29, 0.717) is 5.69 Å². The van der Waals surface area contributed by atoms with Crippen molar-refractivity contribution in [2.45, 2.75) is 20.0 Å². The van der Waals surface area contributed by atoms with Gasteiger partial charge in [-0.3, -0.25) is 0 Å². The van der Waals surface area contributed by atoms with Crippen LogP contribution < -0.4 is 0 Å². The van der Waals surface area contributed by atoms with Crippen molar-refractivity contribution in [3.05, 3.63) is 27.9 Å². The normalized spacial score (nSPS) is 10.7. The molecule has 0 N–H and O–H groups in total. The number of hydrogen-bond donors (Lipinski definition) is 0. The number of hydrogen-bond acceptors (Lipinski definition) is 5. The molecule has 0 atom stereocenters. The van der Waals surface area contributed by atoms with Crippen molar-refractivity contribution in [1.82, 2.24) is 4.98 Å². The number of carbonyl (C=O) groups is 1. The molecule has 0 aliphatic carbocycles. The van der Waals surface area contributed by atoms with Gasteiger partial charge in [0, 0.05) is 16.3 Å². The molecule has 0 aliphatic rings. The van der Waals surface area contributed by atoms with Crippen LogP contribution in [0, 0.1) is 0 Å². The molecule has 0 fully saturated rings. The van der Waals surface area contributed by atoms with Crippen LogP contribution in [0.4, 0.5) is 0 Å². The van der Waals surface area contributed by atoms with Crippen LogP contribution in [0.5, 0.6) is 0 Å². The van der Waals surface area contributed by atoms with Gasteiger partial charge in [0.2, 0.25) is 0 Å². The molecule has 0 spiro atoms. The molecule has 84 valence electrons. The van der Waals surface area contributed by atoms with E-state index < -0.39 is 0 Å². The predicted octanol–water partition coefficient (Wildman–Crippen LogP) is 3.44. The summed E-state index contributed by atoms with van der Waals surface area (Å²) in [6.45, 7) is 3.65. The van der Waals surface area contributed by atoms with Crippen molar-refractivity contribution >= 4 is 28.6 Å². The maximum Gasteiger partial charge on any atom is 0.358 e. The summed E-state index contributed by atoms with van der Waals surface area (Å²) in [5, 5.41) is 6.59. The second-order valence-electron chi connectivity index (χ2n) is 3.50. The maximum absolute atomic E-state index is 11.6. The Hall–Kier alpha value is -1.20. The topological polar surface area (TPSA) is 39.2 Å². The van der Waals surface area contributed by atoms with Crippen LogP contribution in [0.3, 0.4) is 0 Å². The minimum Gasteiger partial charge on any atom is -0.458 e. The Morgan fingerprint density at radius 1 is 1.44 bits per heavy atom. The highest BCUT2D eigenvalue weighted by atomic mass is 32.1. The number of aromatic nitrogens is 1. The van der Waals surface area contributed by atoms with Gasteiger partial charge >= 0.3 is 5.97 Å². The lowest BCUT2D eigenvalue weighted by Crippen LogP contribution is -2.11. The molecule has 0 saturated heterocycles. The maximum atomic E-state index is 11.6. The van der Waals surface area contributed by atoms with E-state index in [1.165, 1.54) is 11.3 Å². The average Bonchev–Trinajstić information content (AvgIpc) is 2.87. The van der Waals surface area contributed by atoms with Crippen LogP contribution in [-0.4, -0.2) is 17.1 Å². The highest BCUT2D eigenvalue weighted by molar-refractivity contribution is 7.14. The summed E-state index contributed by atoms with van der Waals surface area (Å²) >= 11 is 3.07. The molecule has 5 heteroatoms. The van der Waals surface area contributed by atoms with E-state index in [1.54, 1.807) is 16.7 Å². The van der Waals surface area contributed by atoms with Gasteiger partial charge in [-0.05, 0) is 25.3 Å². The van der Waals surface area contributed by atoms with E-state index in [0.717, 1.165) is 10.6 Å². The SMILES string of the molecule is CC(C)OC(=O)c1csc(-c2ccsc2)n1. The highest BCUT2D eigenvalue weighted by Gasteiger charge is 2.14. The van der Waals surface area contributed by atoms with Crippen LogP contribution in [-0.2, 0) is 4.74 Å². The fourth-order valence-corrected chi connectivity index (χ4v) is 2.66. The monoisotopic (exact) mass is 253 g/mol. The van der Waals surface area contributed by atoms with E-state index in [2.05, 4.69) is 4.98 Å². The molecule has 2 rings (SSSR count). The lowest BCUT2D eigenvalue weighted by atomic mass is 10.3. The number of ether oxygens (including phenoxy) is 1. The van der Waals surface area contributed by atoms with Gasteiger partial charge in [-0.15, -0.1) is 11.3 Å². The zero-order chi connectivity index (χ0) is 11.5. The Morgan fingerprint density at radius 3 is 2.88 bits per heavy atom. The molecule has 2 aromatic heterocycles. The van der Waals surface area contributed by atoms with Crippen LogP contribution in [0.2, 0.25) is 0 Å². The Kier molecular flexibility index (Phi) is 3.36. The van der Waals surface area contributed by atoms with Crippen LogP contribution in [0.1, 0.15) is 24.3 Å². The van der Waals surface area contributed by atoms with Crippen LogP contribution in [0.15, 0.2) is 22.2 Å². The second kappa shape index (κ2) is 4.76. The molecule has 2 aromatic rings. The van der Waals surface area contributed by atoms with Crippen molar-refractivity contribution < 1.29 is 9.53 Å². The number of nitrogens with zero attached hydrogens (tertiary/aromatic N) is 1. The van der Waals surface area contributed by atoms with Gasteiger partial charge < -0.3 is 4.74 Å². The first-order valence-corrected chi connectivity index (χ1v) is 6.68. The minimum absolute atomic E-state index is 0.112. The molecule has 0 saturated carbocycles. The molecule has 3 nitrogen and oxygen atoms in total. The van der Waals surface area contributed by atoms with Crippen molar-refractivity contribution in [1.29, 1.82) is 0 Å². The smallest absolute Gasteiger partial charge is 0.358 e. The van der Waals surface area contributed by atoms with Crippen molar-refractivity contribution in [2.24, 2.45) is 0 Å². The van der Waals surface area contributed by atoms with Crippen molar-refractivity contribution in [3.8, 4) is 10.6 Å². The molecule has 0 aromatic carbocycles. The molecular formula is C11H11NO2S2. The van der Waals surface area contributed by atoms with Gasteiger partial charge in [0.05, 0.1) is 6.10 Å². The Labute approximate surface area is 102 Å². The molecule has 0 radical (unpaired) electrons. The number of esters is 1. The second-order valence-corrected chi connectivity index (χ2v) is 5.14. The summed E-state index contributed by atoms with van der Waals surface area (Å²) in [6, 6.07) is 1.99. The summed E-state index contributed by atoms with van der Waals surface area (Å²) in [4.78, 5) is 15.8. The van der Waals surface area contributed by atoms with Crippen LogP contribution >= 0.6 is 22.7 Å². The summed E-state index contributed by atoms with van der Waals surface area (Å²) in [6.07, 6.45) is -0.112. The lowest BCUT2D eigenvalue weighted by molar-refractivity contribution is 0.0372. The third-order valence-electron chi connectivity index (χ3n) is 1.82.